The van der Waals surface area contributed by atoms with Crippen LogP contribution in [-0.2, 0) is 36.6 Å². The fraction of sp³-hybridized carbons (Fsp3) is 0.724. The lowest BCUT2D eigenvalue weighted by Crippen LogP contribution is -2.44. The molecule has 1 aromatic rings. The number of epoxide rings is 1. The number of amides is 2. The van der Waals surface area contributed by atoms with Gasteiger partial charge in [0, 0.05) is 44.6 Å². The van der Waals surface area contributed by atoms with E-state index in [9.17, 15) is 9.59 Å². The maximum atomic E-state index is 12.9. The zero-order valence-electron chi connectivity index (χ0n) is 23.2. The summed E-state index contributed by atoms with van der Waals surface area (Å²) in [4.78, 5) is 29.6. The van der Waals surface area contributed by atoms with Gasteiger partial charge in [0.1, 0.15) is 31.7 Å². The summed E-state index contributed by atoms with van der Waals surface area (Å²) in [6.07, 6.45) is 4.33. The molecule has 1 aromatic carbocycles. The van der Waals surface area contributed by atoms with Gasteiger partial charge in [-0.15, -0.1) is 0 Å². The SMILES string of the molecule is CCCN(CCC)C(=O)COC1Cc2cccc(OCC3CO3)c2CC1OCC(=O)N(CCC)CCC. The van der Waals surface area contributed by atoms with Crippen LogP contribution in [0.15, 0.2) is 18.2 Å². The Bertz CT molecular complexity index is 847. The highest BCUT2D eigenvalue weighted by Crippen LogP contribution is 2.33. The summed E-state index contributed by atoms with van der Waals surface area (Å²) in [6.45, 7) is 12.5. The van der Waals surface area contributed by atoms with Crippen molar-refractivity contribution in [3.8, 4) is 5.75 Å². The number of rotatable bonds is 17. The number of hydrogen-bond donors (Lipinski definition) is 0. The summed E-state index contributed by atoms with van der Waals surface area (Å²) < 4.78 is 23.8. The smallest absolute Gasteiger partial charge is 0.248 e. The van der Waals surface area contributed by atoms with Gasteiger partial charge in [-0.2, -0.15) is 0 Å². The van der Waals surface area contributed by atoms with Crippen LogP contribution in [0.4, 0.5) is 0 Å². The van der Waals surface area contributed by atoms with Crippen LogP contribution in [0.25, 0.3) is 0 Å². The van der Waals surface area contributed by atoms with Crippen molar-refractivity contribution in [1.29, 1.82) is 0 Å². The molecule has 1 fully saturated rings. The van der Waals surface area contributed by atoms with E-state index in [2.05, 4.69) is 33.8 Å². The van der Waals surface area contributed by atoms with E-state index in [1.165, 1.54) is 0 Å². The molecule has 0 spiro atoms. The van der Waals surface area contributed by atoms with Crippen LogP contribution >= 0.6 is 0 Å². The first-order valence-corrected chi connectivity index (χ1v) is 14.1. The number of carbonyl (C=O) groups is 2. The Hall–Kier alpha value is -2.16. The monoisotopic (exact) mass is 518 g/mol. The molecule has 3 atom stereocenters. The number of nitrogens with zero attached hydrogens (tertiary/aromatic N) is 2. The molecular weight excluding hydrogens is 472 g/mol. The molecule has 8 nitrogen and oxygen atoms in total. The normalized spacial score (nSPS) is 20.3. The van der Waals surface area contributed by atoms with Crippen molar-refractivity contribution in [3.05, 3.63) is 29.3 Å². The molecule has 2 amide bonds. The zero-order chi connectivity index (χ0) is 26.6. The van der Waals surface area contributed by atoms with Gasteiger partial charge in [-0.1, -0.05) is 39.8 Å². The lowest BCUT2D eigenvalue weighted by Gasteiger charge is -2.34. The Morgan fingerprint density at radius 2 is 1.35 bits per heavy atom. The van der Waals surface area contributed by atoms with E-state index in [0.717, 1.165) is 75.3 Å². The predicted molar refractivity (Wildman–Crippen MR) is 143 cm³/mol. The summed E-state index contributed by atoms with van der Waals surface area (Å²) in [6, 6.07) is 6.05. The Morgan fingerprint density at radius 3 is 1.84 bits per heavy atom. The van der Waals surface area contributed by atoms with E-state index < -0.39 is 0 Å². The molecule has 0 saturated carbocycles. The molecule has 37 heavy (non-hydrogen) atoms. The van der Waals surface area contributed by atoms with Crippen LogP contribution < -0.4 is 4.74 Å². The van der Waals surface area contributed by atoms with Gasteiger partial charge in [0.05, 0.1) is 18.8 Å². The number of ether oxygens (including phenoxy) is 4. The van der Waals surface area contributed by atoms with Gasteiger partial charge in [0.15, 0.2) is 0 Å². The lowest BCUT2D eigenvalue weighted by atomic mass is 9.87. The van der Waals surface area contributed by atoms with Gasteiger partial charge in [0.2, 0.25) is 11.8 Å². The van der Waals surface area contributed by atoms with Crippen molar-refractivity contribution in [2.24, 2.45) is 0 Å². The van der Waals surface area contributed by atoms with Crippen LogP contribution in [-0.4, -0.2) is 92.5 Å². The second kappa shape index (κ2) is 15.3. The van der Waals surface area contributed by atoms with E-state index in [1.54, 1.807) is 0 Å². The average Bonchev–Trinajstić information content (AvgIpc) is 3.73. The first-order valence-electron chi connectivity index (χ1n) is 14.1. The molecule has 8 heteroatoms. The van der Waals surface area contributed by atoms with Crippen molar-refractivity contribution >= 4 is 11.8 Å². The predicted octanol–water partition coefficient (Wildman–Crippen LogP) is 3.63. The number of fused-ring (bicyclic) bond motifs is 1. The van der Waals surface area contributed by atoms with Crippen LogP contribution in [0.2, 0.25) is 0 Å². The second-order valence-corrected chi connectivity index (χ2v) is 10.0. The minimum Gasteiger partial charge on any atom is -0.490 e. The first kappa shape index (κ1) is 29.4. The average molecular weight is 519 g/mol. The summed E-state index contributed by atoms with van der Waals surface area (Å²) in [5.41, 5.74) is 2.22. The second-order valence-electron chi connectivity index (χ2n) is 10.0. The van der Waals surface area contributed by atoms with Gasteiger partial charge in [-0.3, -0.25) is 9.59 Å². The molecule has 3 rings (SSSR count). The molecule has 1 saturated heterocycles. The van der Waals surface area contributed by atoms with Gasteiger partial charge in [-0.25, -0.2) is 0 Å². The van der Waals surface area contributed by atoms with Crippen LogP contribution in [0.1, 0.15) is 64.5 Å². The molecule has 0 aromatic heterocycles. The molecule has 1 heterocycles. The third kappa shape index (κ3) is 8.97. The standard InChI is InChI=1S/C29H46N2O6/c1-5-12-30(13-6-2)28(32)20-36-26-16-22-10-9-11-25(35-19-23-18-34-23)24(22)17-27(26)37-21-29(33)31(14-7-3)15-8-4/h9-11,23,26-27H,5-8,12-21H2,1-4H3. The van der Waals surface area contributed by atoms with Crippen LogP contribution in [0.5, 0.6) is 5.75 Å². The topological polar surface area (TPSA) is 80.8 Å². The largest absolute Gasteiger partial charge is 0.490 e. The molecule has 0 bridgehead atoms. The molecule has 1 aliphatic heterocycles. The molecule has 3 unspecified atom stereocenters. The van der Waals surface area contributed by atoms with E-state index in [4.69, 9.17) is 18.9 Å². The lowest BCUT2D eigenvalue weighted by molar-refractivity contribution is -0.149. The van der Waals surface area contributed by atoms with Gasteiger partial charge in [-0.05, 0) is 37.3 Å². The minimum atomic E-state index is -0.345. The number of hydrogen-bond acceptors (Lipinski definition) is 6. The van der Waals surface area contributed by atoms with Crippen molar-refractivity contribution in [1.82, 2.24) is 9.80 Å². The van der Waals surface area contributed by atoms with E-state index in [1.807, 2.05) is 21.9 Å². The highest BCUT2D eigenvalue weighted by molar-refractivity contribution is 5.78. The van der Waals surface area contributed by atoms with Gasteiger partial charge >= 0.3 is 0 Å². The van der Waals surface area contributed by atoms with Gasteiger partial charge in [0.25, 0.3) is 0 Å². The maximum Gasteiger partial charge on any atom is 0.248 e. The molecule has 1 aliphatic carbocycles. The highest BCUT2D eigenvalue weighted by atomic mass is 16.6. The molecule has 208 valence electrons. The Labute approximate surface area is 222 Å². The molecule has 0 radical (unpaired) electrons. The summed E-state index contributed by atoms with van der Waals surface area (Å²) in [5, 5.41) is 0. The Balaban J connectivity index is 1.71. The first-order chi connectivity index (χ1) is 18.0. The zero-order valence-corrected chi connectivity index (χ0v) is 23.2. The third-order valence-electron chi connectivity index (χ3n) is 6.82. The Kier molecular flexibility index (Phi) is 12.2. The number of benzene rings is 1. The summed E-state index contributed by atoms with van der Waals surface area (Å²) in [7, 11) is 0. The molecule has 0 N–H and O–H groups in total. The van der Waals surface area contributed by atoms with Crippen molar-refractivity contribution < 1.29 is 28.5 Å². The van der Waals surface area contributed by atoms with Crippen molar-refractivity contribution in [2.45, 2.75) is 84.5 Å². The highest BCUT2D eigenvalue weighted by Gasteiger charge is 2.34. The maximum absolute atomic E-state index is 12.9. The fourth-order valence-electron chi connectivity index (χ4n) is 4.87. The van der Waals surface area contributed by atoms with Crippen LogP contribution in [0.3, 0.4) is 0 Å². The fourth-order valence-corrected chi connectivity index (χ4v) is 4.87. The summed E-state index contributed by atoms with van der Waals surface area (Å²) >= 11 is 0. The van der Waals surface area contributed by atoms with E-state index in [0.29, 0.717) is 19.4 Å². The van der Waals surface area contributed by atoms with E-state index in [-0.39, 0.29) is 43.3 Å². The third-order valence-corrected chi connectivity index (χ3v) is 6.82. The van der Waals surface area contributed by atoms with Crippen LogP contribution in [0, 0.1) is 0 Å². The van der Waals surface area contributed by atoms with Crippen molar-refractivity contribution in [3.63, 3.8) is 0 Å². The quantitative estimate of drug-likeness (QED) is 0.293. The molecular formula is C29H46N2O6. The minimum absolute atomic E-state index is 0.00269. The van der Waals surface area contributed by atoms with E-state index >= 15 is 0 Å². The Morgan fingerprint density at radius 1 is 0.838 bits per heavy atom. The summed E-state index contributed by atoms with van der Waals surface area (Å²) in [5.74, 6) is 0.831. The molecule has 2 aliphatic rings. The van der Waals surface area contributed by atoms with Crippen molar-refractivity contribution in [2.75, 3.05) is 52.6 Å². The van der Waals surface area contributed by atoms with Gasteiger partial charge < -0.3 is 28.7 Å². The number of carbonyl (C=O) groups excluding carboxylic acids is 2.